The van der Waals surface area contributed by atoms with Gasteiger partial charge in [-0.3, -0.25) is 14.4 Å². The molecule has 33 heavy (non-hydrogen) atoms. The molecule has 0 amide bonds. The third kappa shape index (κ3) is 5.78. The van der Waals surface area contributed by atoms with Crippen molar-refractivity contribution in [3.8, 4) is 5.75 Å². The molecule has 9 heteroatoms. The van der Waals surface area contributed by atoms with Gasteiger partial charge < -0.3 is 23.7 Å². The minimum absolute atomic E-state index is 0.225. The maximum Gasteiger partial charge on any atom is 0.303 e. The van der Waals surface area contributed by atoms with E-state index in [2.05, 4.69) is 0 Å². The lowest BCUT2D eigenvalue weighted by Crippen LogP contribution is -2.55. The summed E-state index contributed by atoms with van der Waals surface area (Å²) in [7, 11) is 1.54. The third-order valence-corrected chi connectivity index (χ3v) is 5.44. The summed E-state index contributed by atoms with van der Waals surface area (Å²) in [5.74, 6) is -1.26. The maximum atomic E-state index is 15.0. The molecule has 1 aliphatic carbocycles. The number of ether oxygens (including phenoxy) is 5. The summed E-state index contributed by atoms with van der Waals surface area (Å²) >= 11 is 0. The lowest BCUT2D eigenvalue weighted by atomic mass is 9.93. The van der Waals surface area contributed by atoms with E-state index in [9.17, 15) is 14.4 Å². The number of hydrogen-bond acceptors (Lipinski definition) is 8. The number of esters is 2. The number of hydrogen-bond donors (Lipinski definition) is 0. The molecule has 1 aromatic rings. The van der Waals surface area contributed by atoms with Crippen molar-refractivity contribution in [3.63, 3.8) is 0 Å². The number of carbonyl (C=O) groups is 3. The Morgan fingerprint density at radius 2 is 1.82 bits per heavy atom. The zero-order valence-electron chi connectivity index (χ0n) is 18.9. The molecule has 0 radical (unpaired) electrons. The SMILES string of the molecule is COc1ccc(C(=O)C2=C(OC3OC(COC(C)=O)C(F)C(OC(C)=O)C3C)C=CC2)cc1. The summed E-state index contributed by atoms with van der Waals surface area (Å²) < 4.78 is 41.9. The highest BCUT2D eigenvalue weighted by Gasteiger charge is 2.48. The van der Waals surface area contributed by atoms with Crippen molar-refractivity contribution in [1.29, 1.82) is 0 Å². The summed E-state index contributed by atoms with van der Waals surface area (Å²) in [5, 5.41) is 0. The largest absolute Gasteiger partial charge is 0.497 e. The number of benzene rings is 1. The van der Waals surface area contributed by atoms with Crippen LogP contribution in [0.25, 0.3) is 0 Å². The van der Waals surface area contributed by atoms with Crippen molar-refractivity contribution >= 4 is 17.7 Å². The molecule has 1 aliphatic heterocycles. The van der Waals surface area contributed by atoms with E-state index in [4.69, 9.17) is 23.7 Å². The number of carbonyl (C=O) groups excluding carboxylic acids is 3. The van der Waals surface area contributed by atoms with Crippen LogP contribution in [0, 0.1) is 5.92 Å². The van der Waals surface area contributed by atoms with Gasteiger partial charge in [-0.25, -0.2) is 4.39 Å². The van der Waals surface area contributed by atoms with Crippen LogP contribution in [-0.4, -0.2) is 56.1 Å². The summed E-state index contributed by atoms with van der Waals surface area (Å²) in [6.07, 6.45) is -1.36. The molecule has 0 spiro atoms. The second-order valence-corrected chi connectivity index (χ2v) is 7.85. The fourth-order valence-corrected chi connectivity index (χ4v) is 3.70. The van der Waals surface area contributed by atoms with E-state index in [1.165, 1.54) is 21.0 Å². The molecule has 0 bridgehead atoms. The summed E-state index contributed by atoms with van der Waals surface area (Å²) in [5.41, 5.74) is 0.876. The number of ketones is 1. The van der Waals surface area contributed by atoms with Gasteiger partial charge in [0.15, 0.2) is 12.0 Å². The highest BCUT2D eigenvalue weighted by atomic mass is 19.1. The van der Waals surface area contributed by atoms with Gasteiger partial charge in [0.1, 0.15) is 30.3 Å². The second-order valence-electron chi connectivity index (χ2n) is 7.85. The first-order valence-corrected chi connectivity index (χ1v) is 10.6. The van der Waals surface area contributed by atoms with Crippen LogP contribution in [0.5, 0.6) is 5.75 Å². The van der Waals surface area contributed by atoms with E-state index in [-0.39, 0.29) is 18.1 Å². The number of allylic oxidation sites excluding steroid dienone is 3. The summed E-state index contributed by atoms with van der Waals surface area (Å²) in [4.78, 5) is 35.8. The Balaban J connectivity index is 1.82. The predicted octanol–water partition coefficient (Wildman–Crippen LogP) is 3.30. The van der Waals surface area contributed by atoms with Crippen LogP contribution >= 0.6 is 0 Å². The minimum atomic E-state index is -1.73. The Hall–Kier alpha value is -3.20. The van der Waals surface area contributed by atoms with Gasteiger partial charge in [0, 0.05) is 25.0 Å². The van der Waals surface area contributed by atoms with Crippen molar-refractivity contribution < 1.29 is 42.5 Å². The Bertz CT molecular complexity index is 952. The summed E-state index contributed by atoms with van der Waals surface area (Å²) in [6, 6.07) is 6.69. The van der Waals surface area contributed by atoms with Gasteiger partial charge >= 0.3 is 11.9 Å². The number of halogens is 1. The molecular formula is C24H27FO8. The molecule has 1 aromatic carbocycles. The van der Waals surface area contributed by atoms with Crippen LogP contribution in [0.2, 0.25) is 0 Å². The molecule has 5 atom stereocenters. The van der Waals surface area contributed by atoms with Gasteiger partial charge in [-0.1, -0.05) is 13.0 Å². The average molecular weight is 462 g/mol. The normalized spacial score (nSPS) is 26.6. The van der Waals surface area contributed by atoms with Crippen molar-refractivity contribution in [2.45, 2.75) is 51.9 Å². The van der Waals surface area contributed by atoms with Crippen molar-refractivity contribution in [3.05, 3.63) is 53.3 Å². The molecule has 178 valence electrons. The Labute approximate surface area is 191 Å². The van der Waals surface area contributed by atoms with Gasteiger partial charge in [-0.2, -0.15) is 0 Å². The van der Waals surface area contributed by atoms with Gasteiger partial charge in [0.25, 0.3) is 0 Å². The number of rotatable bonds is 8. The van der Waals surface area contributed by atoms with E-state index in [0.717, 1.165) is 0 Å². The maximum absolute atomic E-state index is 15.0. The lowest BCUT2D eigenvalue weighted by molar-refractivity contribution is -0.263. The molecule has 5 unspecified atom stereocenters. The van der Waals surface area contributed by atoms with Crippen LogP contribution in [0.1, 0.15) is 37.6 Å². The zero-order chi connectivity index (χ0) is 24.1. The molecule has 0 aromatic heterocycles. The predicted molar refractivity (Wildman–Crippen MR) is 114 cm³/mol. The van der Waals surface area contributed by atoms with Crippen LogP contribution in [0.4, 0.5) is 4.39 Å². The van der Waals surface area contributed by atoms with E-state index in [0.29, 0.717) is 23.3 Å². The molecule has 0 N–H and O–H groups in total. The quantitative estimate of drug-likeness (QED) is 0.429. The van der Waals surface area contributed by atoms with Crippen LogP contribution in [-0.2, 0) is 28.5 Å². The highest BCUT2D eigenvalue weighted by molar-refractivity contribution is 6.09. The van der Waals surface area contributed by atoms with Gasteiger partial charge in [0.2, 0.25) is 6.29 Å². The lowest BCUT2D eigenvalue weighted by Gasteiger charge is -2.41. The Morgan fingerprint density at radius 3 is 2.42 bits per heavy atom. The van der Waals surface area contributed by atoms with Crippen molar-refractivity contribution in [1.82, 2.24) is 0 Å². The van der Waals surface area contributed by atoms with E-state index >= 15 is 4.39 Å². The molecule has 1 heterocycles. The summed E-state index contributed by atoms with van der Waals surface area (Å²) in [6.45, 7) is 3.63. The smallest absolute Gasteiger partial charge is 0.303 e. The first-order valence-electron chi connectivity index (χ1n) is 10.6. The van der Waals surface area contributed by atoms with Crippen LogP contribution in [0.15, 0.2) is 47.7 Å². The standard InChI is InChI=1S/C24H27FO8/c1-13-23(31-15(3)27)21(25)20(12-30-14(2)26)33-24(13)32-19-7-5-6-18(19)22(28)16-8-10-17(29-4)11-9-16/h5,7-11,13,20-21,23-24H,6,12H2,1-4H3. The van der Waals surface area contributed by atoms with Crippen LogP contribution in [0.3, 0.4) is 0 Å². The fraction of sp³-hybridized carbons (Fsp3) is 0.458. The van der Waals surface area contributed by atoms with Crippen molar-refractivity contribution in [2.75, 3.05) is 13.7 Å². The number of alkyl halides is 1. The van der Waals surface area contributed by atoms with Crippen molar-refractivity contribution in [2.24, 2.45) is 5.92 Å². The second kappa shape index (κ2) is 10.6. The number of methoxy groups -OCH3 is 1. The van der Waals surface area contributed by atoms with E-state index < -0.39 is 42.5 Å². The Kier molecular flexibility index (Phi) is 7.86. The molecule has 2 aliphatic rings. The molecule has 1 saturated heterocycles. The molecule has 1 fully saturated rings. The van der Waals surface area contributed by atoms with Gasteiger partial charge in [-0.15, -0.1) is 0 Å². The third-order valence-electron chi connectivity index (χ3n) is 5.44. The highest BCUT2D eigenvalue weighted by Crippen LogP contribution is 2.35. The molecule has 0 saturated carbocycles. The van der Waals surface area contributed by atoms with E-state index in [1.807, 2.05) is 0 Å². The monoisotopic (exact) mass is 462 g/mol. The minimum Gasteiger partial charge on any atom is -0.497 e. The molecule has 8 nitrogen and oxygen atoms in total. The number of Topliss-reactive ketones (excluding diaryl/α,β-unsaturated/α-hetero) is 1. The fourth-order valence-electron chi connectivity index (χ4n) is 3.70. The Morgan fingerprint density at radius 1 is 1.12 bits per heavy atom. The average Bonchev–Trinajstić information content (AvgIpc) is 3.25. The van der Waals surface area contributed by atoms with Gasteiger partial charge in [0.05, 0.1) is 13.0 Å². The zero-order valence-corrected chi connectivity index (χ0v) is 18.9. The molecule has 3 rings (SSSR count). The topological polar surface area (TPSA) is 97.4 Å². The van der Waals surface area contributed by atoms with Crippen LogP contribution < -0.4 is 4.74 Å². The van der Waals surface area contributed by atoms with Gasteiger partial charge in [-0.05, 0) is 36.8 Å². The molecular weight excluding hydrogens is 435 g/mol. The first kappa shape index (κ1) is 24.4. The first-order chi connectivity index (χ1) is 15.7. The van der Waals surface area contributed by atoms with E-state index in [1.54, 1.807) is 43.3 Å².